The molecule has 1 aromatic heterocycles. The standard InChI is InChI=1S/C12H10ClFN4O/c1-15-10-6-16-9(5-17-10)12(19)18-11-7(13)3-2-4-8(11)14/h2-6H,1H3,(H,15,17)(H,18,19). The minimum atomic E-state index is -0.611. The topological polar surface area (TPSA) is 66.9 Å². The Kier molecular flexibility index (Phi) is 3.91. The first-order valence-corrected chi connectivity index (χ1v) is 5.75. The molecule has 0 aliphatic carbocycles. The van der Waals surface area contributed by atoms with Crippen LogP contribution in [0.4, 0.5) is 15.9 Å². The summed E-state index contributed by atoms with van der Waals surface area (Å²) in [6.45, 7) is 0. The first-order chi connectivity index (χ1) is 9.11. The number of hydrogen-bond donors (Lipinski definition) is 2. The van der Waals surface area contributed by atoms with E-state index in [9.17, 15) is 9.18 Å². The molecule has 2 N–H and O–H groups in total. The number of carbonyl (C=O) groups excluding carboxylic acids is 1. The average Bonchev–Trinajstić information content (AvgIpc) is 2.43. The minimum Gasteiger partial charge on any atom is -0.372 e. The molecule has 2 rings (SSSR count). The molecule has 0 unspecified atom stereocenters. The summed E-state index contributed by atoms with van der Waals surface area (Å²) < 4.78 is 13.5. The molecule has 0 saturated carbocycles. The monoisotopic (exact) mass is 280 g/mol. The SMILES string of the molecule is CNc1cnc(C(=O)Nc2c(F)cccc2Cl)cn1. The molecule has 0 atom stereocenters. The van der Waals surface area contributed by atoms with Crippen LogP contribution in [0.15, 0.2) is 30.6 Å². The molecular formula is C12H10ClFN4O. The van der Waals surface area contributed by atoms with Gasteiger partial charge in [0.15, 0.2) is 0 Å². The summed E-state index contributed by atoms with van der Waals surface area (Å²) in [6, 6.07) is 4.14. The maximum absolute atomic E-state index is 13.5. The third kappa shape index (κ3) is 2.97. The summed E-state index contributed by atoms with van der Waals surface area (Å²) in [6.07, 6.45) is 2.69. The molecule has 5 nitrogen and oxygen atoms in total. The smallest absolute Gasteiger partial charge is 0.275 e. The Morgan fingerprint density at radius 2 is 2.11 bits per heavy atom. The molecule has 0 spiro atoms. The second-order valence-electron chi connectivity index (χ2n) is 3.59. The zero-order valence-corrected chi connectivity index (χ0v) is 10.7. The number of halogens is 2. The lowest BCUT2D eigenvalue weighted by Crippen LogP contribution is -2.15. The van der Waals surface area contributed by atoms with Gasteiger partial charge in [0.1, 0.15) is 17.3 Å². The molecule has 0 bridgehead atoms. The van der Waals surface area contributed by atoms with E-state index in [0.29, 0.717) is 5.82 Å². The van der Waals surface area contributed by atoms with E-state index in [0.717, 1.165) is 0 Å². The van der Waals surface area contributed by atoms with Gasteiger partial charge in [0.2, 0.25) is 0 Å². The molecule has 1 heterocycles. The van der Waals surface area contributed by atoms with Gasteiger partial charge in [-0.25, -0.2) is 14.4 Å². The van der Waals surface area contributed by atoms with Gasteiger partial charge in [-0.3, -0.25) is 4.79 Å². The number of nitrogens with one attached hydrogen (secondary N) is 2. The first-order valence-electron chi connectivity index (χ1n) is 5.37. The highest BCUT2D eigenvalue weighted by molar-refractivity contribution is 6.33. The van der Waals surface area contributed by atoms with E-state index in [1.54, 1.807) is 7.05 Å². The van der Waals surface area contributed by atoms with Crippen molar-refractivity contribution in [1.82, 2.24) is 9.97 Å². The van der Waals surface area contributed by atoms with Crippen molar-refractivity contribution in [3.63, 3.8) is 0 Å². The van der Waals surface area contributed by atoms with Crippen LogP contribution in [0.5, 0.6) is 0 Å². The van der Waals surface area contributed by atoms with E-state index in [1.165, 1.54) is 30.6 Å². The lowest BCUT2D eigenvalue weighted by Gasteiger charge is -2.07. The van der Waals surface area contributed by atoms with Gasteiger partial charge in [-0.05, 0) is 12.1 Å². The van der Waals surface area contributed by atoms with E-state index < -0.39 is 11.7 Å². The Labute approximate surface area is 113 Å². The molecule has 1 aromatic carbocycles. The van der Waals surface area contributed by atoms with Gasteiger partial charge in [0.05, 0.1) is 23.1 Å². The Hall–Kier alpha value is -2.21. The predicted molar refractivity (Wildman–Crippen MR) is 70.9 cm³/mol. The summed E-state index contributed by atoms with van der Waals surface area (Å²) in [5, 5.41) is 5.26. The Morgan fingerprint density at radius 1 is 1.32 bits per heavy atom. The van der Waals surface area contributed by atoms with Crippen molar-refractivity contribution < 1.29 is 9.18 Å². The molecule has 19 heavy (non-hydrogen) atoms. The number of rotatable bonds is 3. The zero-order chi connectivity index (χ0) is 13.8. The Bertz CT molecular complexity index is 583. The van der Waals surface area contributed by atoms with Crippen LogP contribution >= 0.6 is 11.6 Å². The third-order valence-electron chi connectivity index (χ3n) is 2.34. The maximum atomic E-state index is 13.5. The van der Waals surface area contributed by atoms with Crippen molar-refractivity contribution in [2.24, 2.45) is 0 Å². The van der Waals surface area contributed by atoms with E-state index in [1.807, 2.05) is 0 Å². The van der Waals surface area contributed by atoms with Crippen molar-refractivity contribution >= 4 is 29.0 Å². The molecule has 0 fully saturated rings. The van der Waals surface area contributed by atoms with Gasteiger partial charge < -0.3 is 10.6 Å². The number of aromatic nitrogens is 2. The van der Waals surface area contributed by atoms with E-state index >= 15 is 0 Å². The van der Waals surface area contributed by atoms with Crippen molar-refractivity contribution in [3.05, 3.63) is 47.1 Å². The van der Waals surface area contributed by atoms with Crippen molar-refractivity contribution in [1.29, 1.82) is 0 Å². The first kappa shape index (κ1) is 13.2. The number of benzene rings is 1. The molecule has 0 radical (unpaired) electrons. The van der Waals surface area contributed by atoms with Crippen LogP contribution in [0.25, 0.3) is 0 Å². The van der Waals surface area contributed by atoms with Crippen molar-refractivity contribution in [2.45, 2.75) is 0 Å². The average molecular weight is 281 g/mol. The fraction of sp³-hybridized carbons (Fsp3) is 0.0833. The number of para-hydroxylation sites is 1. The zero-order valence-electron chi connectivity index (χ0n) is 9.95. The van der Waals surface area contributed by atoms with Crippen LogP contribution in [0.3, 0.4) is 0 Å². The number of hydrogen-bond acceptors (Lipinski definition) is 4. The number of amides is 1. The number of anilines is 2. The maximum Gasteiger partial charge on any atom is 0.275 e. The minimum absolute atomic E-state index is 0.0679. The van der Waals surface area contributed by atoms with Gasteiger partial charge in [-0.15, -0.1) is 0 Å². The van der Waals surface area contributed by atoms with Crippen LogP contribution in [-0.4, -0.2) is 22.9 Å². The highest BCUT2D eigenvalue weighted by Gasteiger charge is 2.13. The van der Waals surface area contributed by atoms with Gasteiger partial charge in [0, 0.05) is 7.05 Å². The summed E-state index contributed by atoms with van der Waals surface area (Å²) in [5.41, 5.74) is -0.00743. The van der Waals surface area contributed by atoms with Crippen LogP contribution in [0, 0.1) is 5.82 Å². The van der Waals surface area contributed by atoms with Crippen LogP contribution in [0.2, 0.25) is 5.02 Å². The molecule has 0 aliphatic heterocycles. The molecule has 98 valence electrons. The Balaban J connectivity index is 2.20. The van der Waals surface area contributed by atoms with Crippen molar-refractivity contribution in [2.75, 3.05) is 17.7 Å². The second kappa shape index (κ2) is 5.62. The predicted octanol–water partition coefficient (Wildman–Crippen LogP) is 2.56. The highest BCUT2D eigenvalue weighted by atomic mass is 35.5. The summed E-state index contributed by atoms with van der Waals surface area (Å²) in [4.78, 5) is 19.7. The molecule has 1 amide bonds. The molecule has 0 saturated heterocycles. The van der Waals surface area contributed by atoms with Crippen LogP contribution in [0.1, 0.15) is 10.5 Å². The summed E-state index contributed by atoms with van der Waals surface area (Å²) in [7, 11) is 1.68. The lowest BCUT2D eigenvalue weighted by atomic mass is 10.3. The van der Waals surface area contributed by atoms with E-state index in [2.05, 4.69) is 20.6 Å². The van der Waals surface area contributed by atoms with Gasteiger partial charge in [-0.2, -0.15) is 0 Å². The third-order valence-corrected chi connectivity index (χ3v) is 2.66. The summed E-state index contributed by atoms with van der Waals surface area (Å²) in [5.74, 6) is -0.664. The normalized spacial score (nSPS) is 10.1. The number of nitrogens with zero attached hydrogens (tertiary/aromatic N) is 2. The van der Waals surface area contributed by atoms with E-state index in [-0.39, 0.29) is 16.4 Å². The van der Waals surface area contributed by atoms with Gasteiger partial charge in [0.25, 0.3) is 5.91 Å². The largest absolute Gasteiger partial charge is 0.372 e. The fourth-order valence-electron chi connectivity index (χ4n) is 1.37. The Morgan fingerprint density at radius 3 is 2.68 bits per heavy atom. The van der Waals surface area contributed by atoms with Crippen LogP contribution in [-0.2, 0) is 0 Å². The molecular weight excluding hydrogens is 271 g/mol. The molecule has 7 heteroatoms. The molecule has 2 aromatic rings. The van der Waals surface area contributed by atoms with Gasteiger partial charge >= 0.3 is 0 Å². The molecule has 0 aliphatic rings. The quantitative estimate of drug-likeness (QED) is 0.907. The van der Waals surface area contributed by atoms with Gasteiger partial charge in [-0.1, -0.05) is 17.7 Å². The number of carbonyl (C=O) groups is 1. The second-order valence-corrected chi connectivity index (χ2v) is 3.99. The van der Waals surface area contributed by atoms with Crippen molar-refractivity contribution in [3.8, 4) is 0 Å². The lowest BCUT2D eigenvalue weighted by molar-refractivity contribution is 0.102. The highest BCUT2D eigenvalue weighted by Crippen LogP contribution is 2.24. The van der Waals surface area contributed by atoms with E-state index in [4.69, 9.17) is 11.6 Å². The van der Waals surface area contributed by atoms with Crippen LogP contribution < -0.4 is 10.6 Å². The fourth-order valence-corrected chi connectivity index (χ4v) is 1.58. The summed E-state index contributed by atoms with van der Waals surface area (Å²) >= 11 is 5.81.